The molecule has 2 aliphatic heterocycles. The second kappa shape index (κ2) is 9.76. The lowest BCUT2D eigenvalue weighted by molar-refractivity contribution is -0.687. The normalized spacial score (nSPS) is 22.3. The van der Waals surface area contributed by atoms with Crippen LogP contribution in [0.15, 0.2) is 48.2 Å². The molecule has 3 unspecified atom stereocenters. The number of ether oxygens (including phenoxy) is 1. The van der Waals surface area contributed by atoms with Crippen molar-refractivity contribution in [1.82, 2.24) is 9.47 Å². The summed E-state index contributed by atoms with van der Waals surface area (Å²) in [5.74, 6) is -1.68. The number of nitrogens with zero attached hydrogens (tertiary/aromatic N) is 4. The number of imidazole rings is 1. The van der Waals surface area contributed by atoms with Crippen molar-refractivity contribution in [3.63, 3.8) is 0 Å². The van der Waals surface area contributed by atoms with Crippen molar-refractivity contribution >= 4 is 34.5 Å². The molecule has 9 nitrogen and oxygen atoms in total. The maximum absolute atomic E-state index is 12.5. The van der Waals surface area contributed by atoms with Gasteiger partial charge in [-0.2, -0.15) is 5.26 Å². The van der Waals surface area contributed by atoms with Crippen LogP contribution in [0.1, 0.15) is 25.8 Å². The van der Waals surface area contributed by atoms with Crippen LogP contribution in [0.4, 0.5) is 0 Å². The number of benzene rings is 1. The molecule has 1 aromatic carbocycles. The first-order valence-electron chi connectivity index (χ1n) is 11.0. The number of aryl methyl sites for hydroxylation is 1. The fraction of sp³-hybridized carbons (Fsp3) is 0.417. The summed E-state index contributed by atoms with van der Waals surface area (Å²) in [6.45, 7) is 4.82. The molecule has 178 valence electrons. The summed E-state index contributed by atoms with van der Waals surface area (Å²) in [6.07, 6.45) is 5.49. The van der Waals surface area contributed by atoms with E-state index >= 15 is 0 Å². The summed E-state index contributed by atoms with van der Waals surface area (Å²) in [5.41, 5.74) is 1.61. The van der Waals surface area contributed by atoms with Crippen LogP contribution in [0, 0.1) is 26.7 Å². The minimum Gasteiger partial charge on any atom is -0.488 e. The topological polar surface area (TPSA) is 120 Å². The van der Waals surface area contributed by atoms with Crippen LogP contribution in [-0.2, 0) is 22.7 Å². The van der Waals surface area contributed by atoms with Gasteiger partial charge in [0, 0.05) is 11.5 Å². The number of aliphatic hydroxyl groups is 1. The molecule has 0 saturated carbocycles. The zero-order chi connectivity index (χ0) is 24.6. The summed E-state index contributed by atoms with van der Waals surface area (Å²) < 4.78 is 10.9. The fourth-order valence-electron chi connectivity index (χ4n) is 4.80. The highest BCUT2D eigenvalue weighted by atomic mass is 127. The number of amides is 1. The Kier molecular flexibility index (Phi) is 6.95. The Bertz CT molecular complexity index is 1200. The first-order chi connectivity index (χ1) is 16.2. The van der Waals surface area contributed by atoms with Crippen molar-refractivity contribution in [2.24, 2.45) is 11.8 Å². The molecular weight excluding hydrogens is 551 g/mol. The van der Waals surface area contributed by atoms with Gasteiger partial charge < -0.3 is 19.8 Å². The third-order valence-electron chi connectivity index (χ3n) is 6.49. The van der Waals surface area contributed by atoms with Gasteiger partial charge in [-0.15, -0.1) is 0 Å². The number of nitriles is 1. The van der Waals surface area contributed by atoms with Gasteiger partial charge in [0.1, 0.15) is 43.5 Å². The SMILES string of the molecule is CC(O)C1C(=O)N2C(C(=O)O)=C(COc3ccc(C[n+]4ccn(CCC#N)c4)cc3I)[C@H](C)C12. The predicted octanol–water partition coefficient (Wildman–Crippen LogP) is 1.92. The van der Waals surface area contributed by atoms with E-state index in [4.69, 9.17) is 10.00 Å². The second-order valence-corrected chi connectivity index (χ2v) is 9.88. The van der Waals surface area contributed by atoms with Crippen LogP contribution >= 0.6 is 22.6 Å². The average molecular weight is 577 g/mol. The van der Waals surface area contributed by atoms with Gasteiger partial charge in [0.2, 0.25) is 12.2 Å². The molecule has 4 atom stereocenters. The summed E-state index contributed by atoms with van der Waals surface area (Å²) in [6, 6.07) is 7.63. The molecule has 3 heterocycles. The maximum atomic E-state index is 12.5. The highest BCUT2D eigenvalue weighted by Crippen LogP contribution is 2.47. The van der Waals surface area contributed by atoms with Gasteiger partial charge in [-0.1, -0.05) is 13.0 Å². The lowest BCUT2D eigenvalue weighted by Crippen LogP contribution is -2.63. The van der Waals surface area contributed by atoms with Crippen molar-refractivity contribution in [2.75, 3.05) is 6.61 Å². The van der Waals surface area contributed by atoms with Crippen LogP contribution in [-0.4, -0.2) is 50.3 Å². The maximum Gasteiger partial charge on any atom is 0.352 e. The van der Waals surface area contributed by atoms with Crippen molar-refractivity contribution in [3.05, 3.63) is 57.3 Å². The molecule has 0 bridgehead atoms. The number of halogens is 1. The van der Waals surface area contributed by atoms with Gasteiger partial charge >= 0.3 is 5.97 Å². The van der Waals surface area contributed by atoms with Gasteiger partial charge in [-0.25, -0.2) is 13.9 Å². The molecule has 4 rings (SSSR count). The number of carbonyl (C=O) groups excluding carboxylic acids is 1. The number of hydrogen-bond donors (Lipinski definition) is 2. The molecule has 2 N–H and O–H groups in total. The van der Waals surface area contributed by atoms with E-state index in [0.717, 1.165) is 9.13 Å². The molecule has 0 spiro atoms. The number of carboxylic acids is 1. The molecule has 1 fully saturated rings. The number of fused-ring (bicyclic) bond motifs is 1. The first-order valence-corrected chi connectivity index (χ1v) is 12.1. The summed E-state index contributed by atoms with van der Waals surface area (Å²) in [4.78, 5) is 25.7. The van der Waals surface area contributed by atoms with Crippen LogP contribution in [0.3, 0.4) is 0 Å². The van der Waals surface area contributed by atoms with Gasteiger partial charge in [0.05, 0.1) is 34.1 Å². The molecule has 34 heavy (non-hydrogen) atoms. The first kappa shape index (κ1) is 24.2. The average Bonchev–Trinajstić information content (AvgIpc) is 3.31. The Morgan fingerprint density at radius 1 is 1.41 bits per heavy atom. The standard InChI is InChI=1S/C24H25IN4O5/c1-14-17(22(24(32)33)29-21(14)20(15(2)30)23(29)31)12-34-19-5-4-16(10-18(19)25)11-28-9-8-27(13-28)7-3-6-26/h4-5,8-10,13-15,20-21,30H,3,7,11-12H2,1-2H3/p+1/t14-,15?,20?,21?/m0/s1. The zero-order valence-electron chi connectivity index (χ0n) is 18.9. The minimum atomic E-state index is -1.16. The third-order valence-corrected chi connectivity index (χ3v) is 7.33. The highest BCUT2D eigenvalue weighted by molar-refractivity contribution is 14.1. The molecule has 1 amide bonds. The monoisotopic (exact) mass is 577 g/mol. The van der Waals surface area contributed by atoms with E-state index in [0.29, 0.717) is 30.8 Å². The summed E-state index contributed by atoms with van der Waals surface area (Å²) >= 11 is 2.19. The van der Waals surface area contributed by atoms with Crippen molar-refractivity contribution in [1.29, 1.82) is 5.26 Å². The second-order valence-electron chi connectivity index (χ2n) is 8.72. The zero-order valence-corrected chi connectivity index (χ0v) is 21.0. The van der Waals surface area contributed by atoms with Crippen molar-refractivity contribution in [3.8, 4) is 11.8 Å². The lowest BCUT2D eigenvalue weighted by Gasteiger charge is -2.46. The molecule has 0 aliphatic carbocycles. The molecule has 2 aliphatic rings. The molecule has 2 aromatic rings. The Hall–Kier alpha value is -2.91. The van der Waals surface area contributed by atoms with Crippen LogP contribution in [0.5, 0.6) is 5.75 Å². The van der Waals surface area contributed by atoms with Crippen molar-refractivity contribution in [2.45, 2.75) is 45.5 Å². The third kappa shape index (κ3) is 4.42. The largest absolute Gasteiger partial charge is 0.488 e. The highest BCUT2D eigenvalue weighted by Gasteiger charge is 2.59. The van der Waals surface area contributed by atoms with Crippen LogP contribution in [0.2, 0.25) is 0 Å². The van der Waals surface area contributed by atoms with Crippen molar-refractivity contribution < 1.29 is 29.1 Å². The van der Waals surface area contributed by atoms with E-state index < -0.39 is 18.0 Å². The van der Waals surface area contributed by atoms with Gasteiger partial charge in [-0.3, -0.25) is 4.79 Å². The van der Waals surface area contributed by atoms with E-state index in [-0.39, 0.29) is 30.2 Å². The number of aliphatic carboxylic acids is 1. The Balaban J connectivity index is 1.45. The van der Waals surface area contributed by atoms with E-state index in [1.165, 1.54) is 4.90 Å². The summed E-state index contributed by atoms with van der Waals surface area (Å²) in [7, 11) is 0. The van der Waals surface area contributed by atoms with Gasteiger partial charge in [0.25, 0.3) is 0 Å². The number of carboxylic acid groups (broad SMARTS) is 1. The summed E-state index contributed by atoms with van der Waals surface area (Å²) in [5, 5.41) is 28.5. The van der Waals surface area contributed by atoms with Gasteiger partial charge in [-0.05, 0) is 47.2 Å². The Morgan fingerprint density at radius 2 is 2.18 bits per heavy atom. The number of rotatable bonds is 9. The molecule has 10 heteroatoms. The molecular formula is C24H26IN4O5+. The number of β-lactam (4-membered cyclic amide) rings is 1. The Morgan fingerprint density at radius 3 is 2.82 bits per heavy atom. The van der Waals surface area contributed by atoms with E-state index in [2.05, 4.69) is 28.7 Å². The number of hydrogen-bond acceptors (Lipinski definition) is 5. The predicted molar refractivity (Wildman–Crippen MR) is 128 cm³/mol. The van der Waals surface area contributed by atoms with E-state index in [1.807, 2.05) is 53.0 Å². The van der Waals surface area contributed by atoms with E-state index in [1.54, 1.807) is 6.92 Å². The molecule has 0 radical (unpaired) electrons. The fourth-order valence-corrected chi connectivity index (χ4v) is 5.54. The van der Waals surface area contributed by atoms with Gasteiger partial charge in [0.15, 0.2) is 0 Å². The molecule has 1 saturated heterocycles. The number of aromatic nitrogens is 2. The number of aliphatic hydroxyl groups excluding tert-OH is 1. The molecule has 1 aromatic heterocycles. The van der Waals surface area contributed by atoms with Crippen LogP contribution < -0.4 is 9.30 Å². The Labute approximate surface area is 211 Å². The minimum absolute atomic E-state index is 0.0247. The number of carbonyl (C=O) groups is 2. The quantitative estimate of drug-likeness (QED) is 0.267. The lowest BCUT2D eigenvalue weighted by atomic mass is 9.78. The van der Waals surface area contributed by atoms with E-state index in [9.17, 15) is 19.8 Å². The smallest absolute Gasteiger partial charge is 0.352 e. The van der Waals surface area contributed by atoms with Crippen LogP contribution in [0.25, 0.3) is 0 Å².